The van der Waals surface area contributed by atoms with Crippen LogP contribution in [0.25, 0.3) is 10.8 Å². The van der Waals surface area contributed by atoms with Crippen LogP contribution in [0.1, 0.15) is 0 Å². The number of aromatic amines is 2. The maximum absolute atomic E-state index is 14.3. The minimum absolute atomic E-state index is 0. The van der Waals surface area contributed by atoms with Crippen LogP contribution in [-0.2, 0) is 60.7 Å². The second-order valence-electron chi connectivity index (χ2n) is 15.8. The zero-order valence-corrected chi connectivity index (χ0v) is 63.7. The van der Waals surface area contributed by atoms with Crippen molar-refractivity contribution >= 4 is 158 Å². The fourth-order valence-corrected chi connectivity index (χ4v) is 10.6. The molecule has 0 spiro atoms. The Morgan fingerprint density at radius 2 is 0.830 bits per heavy atom. The topological polar surface area (TPSA) is 571 Å². The number of hydrogen-bond acceptors (Lipinski definition) is 31. The van der Waals surface area contributed by atoms with Crippen molar-refractivity contribution in [1.82, 2.24) is 29.9 Å². The molecule has 8 rings (SSSR count). The summed E-state index contributed by atoms with van der Waals surface area (Å²) in [6.45, 7) is 0. The van der Waals surface area contributed by atoms with Crippen LogP contribution in [0.4, 0.5) is 63.1 Å². The van der Waals surface area contributed by atoms with E-state index in [1.54, 1.807) is 0 Å². The molecule has 88 heavy (non-hydrogen) atoms. The standard InChI is InChI=1S/C40H29Cl2N15O19S6.6Na/c41-35-48-37(44-18-1-7-22(8-2-18)77(59,60)61)52-39(50-35)46-20-5-11-26(79(65,66)67)24(15-20)54-56-32-28(81(71,72)73)13-17-14-29(82(74,75)76)33(34(58)30(17)31(32)43)57-55-25-16-21(6-12-27(25)80(68,69)70)47-40-51-36(42)49-38(53-40)45-19-3-9-23(10-4-19)78(62,63)64;;;;;;/h1-16,58H,43H2,(H,59,60,61)(H,62,63,64)(H,65,66,67)(H,68,69,70)(H,71,72,73)(H,74,75,76)(H2,44,46,48,50,52)(H2,45,47,49,51,53);;;;;;/q;6*+1/p-6. The number of rotatable bonds is 16. The molecule has 0 bridgehead atoms. The van der Waals surface area contributed by atoms with Gasteiger partial charge in [0.2, 0.25) is 33.7 Å². The summed E-state index contributed by atoms with van der Waals surface area (Å²) in [5, 5.41) is 31.4. The summed E-state index contributed by atoms with van der Waals surface area (Å²) in [4.78, 5) is 22.7. The Labute approximate surface area is 639 Å². The SMILES string of the molecule is Nc1c(N=Nc2cc(N=c3nc(Nc4ccc(S(=O)(=O)[O-])cc4)nc(Cl)[nH]3)ccc2S(=O)(=O)[O-])c(S(=O)(=O)[O-])cc2cc(S(=O)(=O)O)c(N=Nc3cc(N=c4nc(Nc5ccc(S(=O)(=O)[O-])cc5)nc(Cl)[nH]4)ccc3S(=O)(=O)[O-])c([O-])c12.[Na+].[Na+].[Na+].[Na+].[Na+].[Na+]. The zero-order chi connectivity index (χ0) is 60.1. The Hall–Kier alpha value is -2.36. The van der Waals surface area contributed by atoms with Crippen LogP contribution in [0, 0.1) is 0 Å². The molecule has 0 radical (unpaired) electrons. The summed E-state index contributed by atoms with van der Waals surface area (Å²) in [7, 11) is -32.1. The quantitative estimate of drug-likeness (QED) is 0.0226. The van der Waals surface area contributed by atoms with Gasteiger partial charge in [0, 0.05) is 16.8 Å². The number of nitrogens with two attached hydrogens (primary N) is 1. The van der Waals surface area contributed by atoms with Crippen molar-refractivity contribution in [3.05, 3.63) is 119 Å². The Balaban J connectivity index is 0.00000440. The molecule has 0 amide bonds. The summed E-state index contributed by atoms with van der Waals surface area (Å²) in [5.74, 6) is -2.25. The molecule has 2 aromatic heterocycles. The van der Waals surface area contributed by atoms with E-state index in [-0.39, 0.29) is 223 Å². The monoisotopic (exact) mass is 1420 g/mol. The normalized spacial score (nSPS) is 12.5. The molecule has 0 aliphatic heterocycles. The number of H-pyrrole nitrogens is 2. The predicted molar refractivity (Wildman–Crippen MR) is 271 cm³/mol. The molecule has 0 atom stereocenters. The third kappa shape index (κ3) is 20.8. The van der Waals surface area contributed by atoms with E-state index in [1.165, 1.54) is 24.3 Å². The first-order valence-electron chi connectivity index (χ1n) is 21.1. The van der Waals surface area contributed by atoms with Crippen molar-refractivity contribution in [3.8, 4) is 5.75 Å². The van der Waals surface area contributed by atoms with E-state index >= 15 is 0 Å². The first-order chi connectivity index (χ1) is 38.0. The average molecular weight is 1420 g/mol. The smallest absolute Gasteiger partial charge is 0.870 e. The summed E-state index contributed by atoms with van der Waals surface area (Å²) >= 11 is 12.2. The maximum atomic E-state index is 14.3. The molecule has 0 aliphatic rings. The summed E-state index contributed by atoms with van der Waals surface area (Å²) < 4.78 is 216. The second kappa shape index (κ2) is 32.2. The van der Waals surface area contributed by atoms with E-state index in [2.05, 4.69) is 71.0 Å². The van der Waals surface area contributed by atoms with Gasteiger partial charge in [0.15, 0.2) is 0 Å². The van der Waals surface area contributed by atoms with Crippen molar-refractivity contribution < 1.29 is 260 Å². The molecule has 7 N–H and O–H groups in total. The first-order valence-corrected chi connectivity index (χ1v) is 30.3. The number of nitrogens with zero attached hydrogens (tertiary/aromatic N) is 10. The third-order valence-electron chi connectivity index (χ3n) is 10.3. The summed E-state index contributed by atoms with van der Waals surface area (Å²) in [6.07, 6.45) is 0. The minimum Gasteiger partial charge on any atom is -0.870 e. The largest absolute Gasteiger partial charge is 1.00 e. The Morgan fingerprint density at radius 3 is 1.18 bits per heavy atom. The number of halogens is 2. The Bertz CT molecular complexity index is 4650. The zero-order valence-electron chi connectivity index (χ0n) is 45.3. The van der Waals surface area contributed by atoms with Crippen LogP contribution in [-0.4, -0.2) is 108 Å². The second-order valence-corrected chi connectivity index (χ2v) is 24.7. The average Bonchev–Trinajstić information content (AvgIpc) is 2.13. The van der Waals surface area contributed by atoms with E-state index in [1.807, 2.05) is 0 Å². The van der Waals surface area contributed by atoms with Crippen LogP contribution in [0.5, 0.6) is 5.75 Å². The molecule has 0 aliphatic carbocycles. The number of hydrogen-bond donors (Lipinski definition) is 6. The van der Waals surface area contributed by atoms with Gasteiger partial charge in [-0.1, -0.05) is 5.75 Å². The number of nitrogen functional groups attached to an aromatic ring is 1. The van der Waals surface area contributed by atoms with Crippen LogP contribution in [0.2, 0.25) is 10.6 Å². The van der Waals surface area contributed by atoms with Gasteiger partial charge in [0.05, 0.1) is 47.2 Å². The fraction of sp³-hybridized carbons (Fsp3) is 0. The molecule has 48 heteroatoms. The van der Waals surface area contributed by atoms with E-state index in [0.717, 1.165) is 48.5 Å². The third-order valence-corrected chi connectivity index (χ3v) is 15.9. The minimum atomic E-state index is -5.83. The van der Waals surface area contributed by atoms with Gasteiger partial charge in [-0.2, -0.15) is 28.4 Å². The van der Waals surface area contributed by atoms with E-state index in [9.17, 15) is 82.9 Å². The van der Waals surface area contributed by atoms with Crippen LogP contribution in [0.3, 0.4) is 0 Å². The molecule has 0 saturated heterocycles. The summed E-state index contributed by atoms with van der Waals surface area (Å²) in [6, 6.07) is 14.1. The number of benzene rings is 6. The maximum Gasteiger partial charge on any atom is 1.00 e. The van der Waals surface area contributed by atoms with Crippen molar-refractivity contribution in [1.29, 1.82) is 0 Å². The molecule has 6 aromatic carbocycles. The molecule has 0 saturated carbocycles. The van der Waals surface area contributed by atoms with Crippen molar-refractivity contribution in [2.45, 2.75) is 29.4 Å². The van der Waals surface area contributed by atoms with Gasteiger partial charge >= 0.3 is 177 Å². The van der Waals surface area contributed by atoms with Gasteiger partial charge in [-0.25, -0.2) is 52.1 Å². The Morgan fingerprint density at radius 1 is 0.466 bits per heavy atom. The van der Waals surface area contributed by atoms with Gasteiger partial charge in [-0.05, 0) is 126 Å². The molecular formula is C40H23Cl2N15Na6O19S6. The van der Waals surface area contributed by atoms with E-state index in [0.29, 0.717) is 24.3 Å². The molecular weight excluding hydrogens is 1400 g/mol. The molecule has 428 valence electrons. The van der Waals surface area contributed by atoms with Crippen molar-refractivity contribution in [3.63, 3.8) is 0 Å². The number of fused-ring (bicyclic) bond motifs is 1. The number of aromatic nitrogens is 6. The molecule has 2 heterocycles. The first kappa shape index (κ1) is 81.7. The molecule has 0 unspecified atom stereocenters. The van der Waals surface area contributed by atoms with Gasteiger partial charge < -0.3 is 44.2 Å². The number of azo groups is 2. The van der Waals surface area contributed by atoms with Crippen LogP contribution >= 0.6 is 23.2 Å². The molecule has 0 fully saturated rings. The fourth-order valence-electron chi connectivity index (χ4n) is 6.88. The summed E-state index contributed by atoms with van der Waals surface area (Å²) in [5.41, 5.74) is -0.567. The van der Waals surface area contributed by atoms with Gasteiger partial charge in [0.25, 0.3) is 10.1 Å². The van der Waals surface area contributed by atoms with E-state index < -0.39 is 146 Å². The molecule has 8 aromatic rings. The van der Waals surface area contributed by atoms with Crippen LogP contribution in [0.15, 0.2) is 157 Å². The van der Waals surface area contributed by atoms with Gasteiger partial charge in [0.1, 0.15) is 72.5 Å². The van der Waals surface area contributed by atoms with Crippen molar-refractivity contribution in [2.24, 2.45) is 30.4 Å². The van der Waals surface area contributed by atoms with Gasteiger partial charge in [-0.3, -0.25) is 14.5 Å². The van der Waals surface area contributed by atoms with Crippen LogP contribution < -0.4 is 210 Å². The van der Waals surface area contributed by atoms with Crippen molar-refractivity contribution in [2.75, 3.05) is 16.4 Å². The molecule has 34 nitrogen and oxygen atoms in total. The van der Waals surface area contributed by atoms with E-state index in [4.69, 9.17) is 28.9 Å². The Kier molecular flexibility index (Phi) is 29.9. The number of anilines is 5. The number of nitrogens with one attached hydrogen (secondary N) is 4. The predicted octanol–water partition coefficient (Wildman–Crippen LogP) is -14.4. The van der Waals surface area contributed by atoms with Gasteiger partial charge in [-0.15, -0.1) is 20.5 Å².